The van der Waals surface area contributed by atoms with Gasteiger partial charge in [0.15, 0.2) is 0 Å². The van der Waals surface area contributed by atoms with E-state index in [1.165, 1.54) is 6.42 Å². The predicted molar refractivity (Wildman–Crippen MR) is 69.2 cm³/mol. The minimum atomic E-state index is -0.847. The molecule has 0 saturated carbocycles. The number of carboxylic acid groups (broad SMARTS) is 1. The highest BCUT2D eigenvalue weighted by Crippen LogP contribution is 2.25. The van der Waals surface area contributed by atoms with Crippen LogP contribution in [0.25, 0.3) is 0 Å². The molecule has 17 heavy (non-hydrogen) atoms. The van der Waals surface area contributed by atoms with Gasteiger partial charge < -0.3 is 10.4 Å². The molecule has 98 valence electrons. The molecule has 1 aliphatic rings. The Balaban J connectivity index is 2.41. The molecule has 4 nitrogen and oxygen atoms in total. The van der Waals surface area contributed by atoms with Crippen molar-refractivity contribution in [2.75, 3.05) is 5.75 Å². The molecule has 1 heterocycles. The van der Waals surface area contributed by atoms with Crippen molar-refractivity contribution < 1.29 is 14.7 Å². The lowest BCUT2D eigenvalue weighted by molar-refractivity contribution is -0.137. The first kappa shape index (κ1) is 14.4. The fourth-order valence-corrected chi connectivity index (χ4v) is 3.23. The van der Waals surface area contributed by atoms with Crippen LogP contribution >= 0.6 is 11.8 Å². The normalized spacial score (nSPS) is 21.8. The Morgan fingerprint density at radius 3 is 2.76 bits per heavy atom. The molecule has 0 aromatic rings. The van der Waals surface area contributed by atoms with E-state index in [4.69, 9.17) is 5.11 Å². The summed E-state index contributed by atoms with van der Waals surface area (Å²) >= 11 is 1.69. The molecule has 2 atom stereocenters. The minimum absolute atomic E-state index is 0.0226. The van der Waals surface area contributed by atoms with E-state index >= 15 is 0 Å². The van der Waals surface area contributed by atoms with Crippen molar-refractivity contribution in [3.05, 3.63) is 0 Å². The number of carbonyl (C=O) groups is 2. The second kappa shape index (κ2) is 7.58. The number of hydrogen-bond donors (Lipinski definition) is 2. The first-order valence-electron chi connectivity index (χ1n) is 6.27. The van der Waals surface area contributed by atoms with Gasteiger partial charge in [-0.05, 0) is 25.0 Å². The van der Waals surface area contributed by atoms with Crippen molar-refractivity contribution in [2.45, 2.75) is 56.7 Å². The summed E-state index contributed by atoms with van der Waals surface area (Å²) in [6.45, 7) is 2.00. The molecule has 0 spiro atoms. The van der Waals surface area contributed by atoms with Crippen LogP contribution in [0.1, 0.15) is 45.4 Å². The third kappa shape index (κ3) is 5.44. The van der Waals surface area contributed by atoms with Crippen LogP contribution in [-0.2, 0) is 9.59 Å². The maximum absolute atomic E-state index is 11.9. The fraction of sp³-hybridized carbons (Fsp3) is 0.833. The molecule has 0 aromatic carbocycles. The van der Waals surface area contributed by atoms with Crippen LogP contribution in [-0.4, -0.2) is 34.0 Å². The average molecular weight is 259 g/mol. The van der Waals surface area contributed by atoms with Crippen LogP contribution in [0, 0.1) is 0 Å². The maximum atomic E-state index is 11.9. The summed E-state index contributed by atoms with van der Waals surface area (Å²) in [7, 11) is 0. The third-order valence-corrected chi connectivity index (χ3v) is 4.25. The van der Waals surface area contributed by atoms with Crippen LogP contribution < -0.4 is 5.32 Å². The van der Waals surface area contributed by atoms with Gasteiger partial charge in [0.2, 0.25) is 5.91 Å². The van der Waals surface area contributed by atoms with Crippen LogP contribution in [0.4, 0.5) is 0 Å². The minimum Gasteiger partial charge on any atom is -0.481 e. The number of aliphatic carboxylic acids is 1. The number of rotatable bonds is 6. The number of carboxylic acids is 1. The monoisotopic (exact) mass is 259 g/mol. The second-order valence-corrected chi connectivity index (χ2v) is 5.76. The lowest BCUT2D eigenvalue weighted by Crippen LogP contribution is -2.42. The molecular formula is C12H21NO3S. The van der Waals surface area contributed by atoms with Crippen molar-refractivity contribution in [1.29, 1.82) is 0 Å². The van der Waals surface area contributed by atoms with Gasteiger partial charge in [0.1, 0.15) is 0 Å². The Kier molecular flexibility index (Phi) is 6.40. The van der Waals surface area contributed by atoms with Crippen LogP contribution in [0.15, 0.2) is 0 Å². The number of hydrogen-bond acceptors (Lipinski definition) is 3. The zero-order chi connectivity index (χ0) is 12.7. The number of carbonyl (C=O) groups excluding carboxylic acids is 1. The van der Waals surface area contributed by atoms with E-state index in [-0.39, 0.29) is 23.6 Å². The van der Waals surface area contributed by atoms with Crippen molar-refractivity contribution in [3.63, 3.8) is 0 Å². The van der Waals surface area contributed by atoms with Gasteiger partial charge in [-0.3, -0.25) is 9.59 Å². The highest BCUT2D eigenvalue weighted by molar-refractivity contribution is 8.00. The van der Waals surface area contributed by atoms with E-state index in [1.807, 2.05) is 6.92 Å². The third-order valence-electron chi connectivity index (χ3n) is 2.88. The molecule has 1 saturated heterocycles. The van der Waals surface area contributed by atoms with Crippen molar-refractivity contribution in [2.24, 2.45) is 0 Å². The van der Waals surface area contributed by atoms with E-state index in [2.05, 4.69) is 5.32 Å². The summed E-state index contributed by atoms with van der Waals surface area (Å²) in [6.07, 6.45) is 4.84. The molecule has 0 aliphatic carbocycles. The lowest BCUT2D eigenvalue weighted by Gasteiger charge is -2.23. The van der Waals surface area contributed by atoms with Gasteiger partial charge in [0.05, 0.1) is 11.7 Å². The Bertz CT molecular complexity index is 264. The van der Waals surface area contributed by atoms with Gasteiger partial charge in [-0.2, -0.15) is 0 Å². The largest absolute Gasteiger partial charge is 0.481 e. The van der Waals surface area contributed by atoms with E-state index in [1.54, 1.807) is 11.8 Å². The van der Waals surface area contributed by atoms with E-state index in [0.29, 0.717) is 0 Å². The number of nitrogens with one attached hydrogen (secondary N) is 1. The molecule has 1 amide bonds. The Hall–Kier alpha value is -0.710. The number of thioether (sulfide) groups is 1. The van der Waals surface area contributed by atoms with Crippen LogP contribution in [0.2, 0.25) is 0 Å². The fourth-order valence-electron chi connectivity index (χ4n) is 2.03. The molecule has 1 rings (SSSR count). The van der Waals surface area contributed by atoms with Crippen molar-refractivity contribution in [3.8, 4) is 0 Å². The average Bonchev–Trinajstić information content (AvgIpc) is 2.29. The quantitative estimate of drug-likeness (QED) is 0.766. The standard InChI is InChI=1S/C12H21NO3S/c1-2-5-9(8-11(14)15)13-12(16)10-6-3-4-7-17-10/h9-10H,2-8H2,1H3,(H,13,16)(H,14,15). The summed E-state index contributed by atoms with van der Waals surface area (Å²) in [5.74, 6) is 0.213. The molecule has 1 aliphatic heterocycles. The highest BCUT2D eigenvalue weighted by Gasteiger charge is 2.24. The van der Waals surface area contributed by atoms with E-state index in [0.717, 1.165) is 31.4 Å². The van der Waals surface area contributed by atoms with E-state index in [9.17, 15) is 9.59 Å². The van der Waals surface area contributed by atoms with Crippen molar-refractivity contribution >= 4 is 23.6 Å². The second-order valence-electron chi connectivity index (χ2n) is 4.45. The SMILES string of the molecule is CCCC(CC(=O)O)NC(=O)C1CCCCS1. The molecule has 1 fully saturated rings. The Morgan fingerprint density at radius 2 is 2.24 bits per heavy atom. The zero-order valence-electron chi connectivity index (χ0n) is 10.3. The highest BCUT2D eigenvalue weighted by atomic mass is 32.2. The van der Waals surface area contributed by atoms with Gasteiger partial charge in [-0.15, -0.1) is 11.8 Å². The molecular weight excluding hydrogens is 238 g/mol. The molecule has 2 N–H and O–H groups in total. The van der Waals surface area contributed by atoms with Crippen LogP contribution in [0.5, 0.6) is 0 Å². The smallest absolute Gasteiger partial charge is 0.305 e. The first-order chi connectivity index (χ1) is 8.13. The molecule has 5 heteroatoms. The molecule has 0 radical (unpaired) electrons. The first-order valence-corrected chi connectivity index (χ1v) is 7.32. The van der Waals surface area contributed by atoms with Gasteiger partial charge in [-0.25, -0.2) is 0 Å². The topological polar surface area (TPSA) is 66.4 Å². The van der Waals surface area contributed by atoms with Crippen LogP contribution in [0.3, 0.4) is 0 Å². The van der Waals surface area contributed by atoms with Gasteiger partial charge in [0.25, 0.3) is 0 Å². The summed E-state index contributed by atoms with van der Waals surface area (Å²) in [4.78, 5) is 22.6. The summed E-state index contributed by atoms with van der Waals surface area (Å²) < 4.78 is 0. The maximum Gasteiger partial charge on any atom is 0.305 e. The predicted octanol–water partition coefficient (Wildman–Crippen LogP) is 2.03. The lowest BCUT2D eigenvalue weighted by atomic mass is 10.1. The van der Waals surface area contributed by atoms with Crippen molar-refractivity contribution in [1.82, 2.24) is 5.32 Å². The van der Waals surface area contributed by atoms with Gasteiger partial charge >= 0.3 is 5.97 Å². The Morgan fingerprint density at radius 1 is 1.47 bits per heavy atom. The molecule has 0 bridgehead atoms. The van der Waals surface area contributed by atoms with E-state index < -0.39 is 5.97 Å². The number of amides is 1. The van der Waals surface area contributed by atoms with Gasteiger partial charge in [0, 0.05) is 6.04 Å². The Labute approximate surface area is 107 Å². The van der Waals surface area contributed by atoms with Gasteiger partial charge in [-0.1, -0.05) is 19.8 Å². The molecule has 2 unspecified atom stereocenters. The summed E-state index contributed by atoms with van der Waals surface area (Å²) in [5.41, 5.74) is 0. The summed E-state index contributed by atoms with van der Waals surface area (Å²) in [5, 5.41) is 11.7. The summed E-state index contributed by atoms with van der Waals surface area (Å²) in [6, 6.07) is -0.215. The zero-order valence-corrected chi connectivity index (χ0v) is 11.1. The molecule has 0 aromatic heterocycles.